The molecular formula is C26H30N4O9. The third-order valence-corrected chi connectivity index (χ3v) is 5.56. The highest BCUT2D eigenvalue weighted by molar-refractivity contribution is 5.96. The summed E-state index contributed by atoms with van der Waals surface area (Å²) >= 11 is 0. The molecule has 3 amide bonds. The normalized spacial score (nSPS) is 13.7. The molecule has 208 valence electrons. The second-order valence-electron chi connectivity index (χ2n) is 8.70. The first kappa shape index (κ1) is 30.4. The van der Waals surface area contributed by atoms with Crippen LogP contribution >= 0.6 is 0 Å². The Labute approximate surface area is 223 Å². The lowest BCUT2D eigenvalue weighted by molar-refractivity contribution is -0.145. The molecule has 0 radical (unpaired) electrons. The topological polar surface area (TPSA) is 225 Å². The molecule has 4 unspecified atom stereocenters. The maximum atomic E-state index is 12.9. The van der Waals surface area contributed by atoms with Crippen LogP contribution in [0.25, 0.3) is 0 Å². The second-order valence-corrected chi connectivity index (χ2v) is 8.70. The maximum absolute atomic E-state index is 12.9. The molecule has 0 bridgehead atoms. The van der Waals surface area contributed by atoms with Gasteiger partial charge < -0.3 is 37.0 Å². The molecule has 0 aliphatic rings. The predicted octanol–water partition coefficient (Wildman–Crippen LogP) is -0.712. The minimum Gasteiger partial charge on any atom is -0.481 e. The summed E-state index contributed by atoms with van der Waals surface area (Å²) in [6, 6.07) is 11.0. The molecule has 0 saturated heterocycles. The lowest BCUT2D eigenvalue weighted by Gasteiger charge is -2.24. The predicted molar refractivity (Wildman–Crippen MR) is 136 cm³/mol. The van der Waals surface area contributed by atoms with E-state index in [9.17, 15) is 44.1 Å². The van der Waals surface area contributed by atoms with Gasteiger partial charge in [0.25, 0.3) is 0 Å². The van der Waals surface area contributed by atoms with Gasteiger partial charge in [-0.05, 0) is 17.5 Å². The Bertz CT molecular complexity index is 1170. The zero-order chi connectivity index (χ0) is 28.9. The molecule has 0 heterocycles. The molecule has 0 aromatic heterocycles. The molecule has 39 heavy (non-hydrogen) atoms. The van der Waals surface area contributed by atoms with E-state index in [0.717, 1.165) is 5.56 Å². The molecule has 0 aliphatic heterocycles. The van der Waals surface area contributed by atoms with E-state index >= 15 is 0 Å². The minimum atomic E-state index is -1.76. The first-order valence-corrected chi connectivity index (χ1v) is 11.9. The smallest absolute Gasteiger partial charge is 0.326 e. The summed E-state index contributed by atoms with van der Waals surface area (Å²) in [5.74, 6) is -7.46. The average Bonchev–Trinajstić information content (AvgIpc) is 2.88. The molecule has 0 aliphatic carbocycles. The Morgan fingerprint density at radius 2 is 0.974 bits per heavy atom. The summed E-state index contributed by atoms with van der Waals surface area (Å²) < 4.78 is 0. The fraction of sp³-hybridized carbons (Fsp3) is 0.308. The van der Waals surface area contributed by atoms with E-state index in [1.54, 1.807) is 60.7 Å². The van der Waals surface area contributed by atoms with Crippen LogP contribution in [0.4, 0.5) is 0 Å². The Hall–Kier alpha value is -4.78. The lowest BCUT2D eigenvalue weighted by Crippen LogP contribution is -2.58. The number of nitrogens with two attached hydrogens (primary N) is 1. The summed E-state index contributed by atoms with van der Waals surface area (Å²) in [6.07, 6.45) is -1.85. The zero-order valence-electron chi connectivity index (χ0n) is 20.8. The van der Waals surface area contributed by atoms with Gasteiger partial charge in [-0.1, -0.05) is 60.7 Å². The maximum Gasteiger partial charge on any atom is 0.326 e. The fourth-order valence-electron chi connectivity index (χ4n) is 3.60. The third kappa shape index (κ3) is 10.6. The quantitative estimate of drug-likeness (QED) is 0.150. The molecule has 0 fully saturated rings. The summed E-state index contributed by atoms with van der Waals surface area (Å²) in [7, 11) is 0. The van der Waals surface area contributed by atoms with Crippen molar-refractivity contribution in [3.63, 3.8) is 0 Å². The number of nitrogens with one attached hydrogen (secondary N) is 3. The number of aliphatic carboxylic acids is 3. The lowest BCUT2D eigenvalue weighted by atomic mass is 10.0. The Morgan fingerprint density at radius 3 is 1.38 bits per heavy atom. The van der Waals surface area contributed by atoms with Crippen molar-refractivity contribution in [3.8, 4) is 0 Å². The van der Waals surface area contributed by atoms with E-state index in [4.69, 9.17) is 5.73 Å². The second kappa shape index (κ2) is 14.8. The fourth-order valence-corrected chi connectivity index (χ4v) is 3.60. The van der Waals surface area contributed by atoms with Crippen LogP contribution in [-0.2, 0) is 41.6 Å². The zero-order valence-corrected chi connectivity index (χ0v) is 20.8. The van der Waals surface area contributed by atoms with Gasteiger partial charge in [-0.2, -0.15) is 0 Å². The van der Waals surface area contributed by atoms with Gasteiger partial charge in [0.1, 0.15) is 18.1 Å². The van der Waals surface area contributed by atoms with E-state index < -0.39 is 72.6 Å². The third-order valence-electron chi connectivity index (χ3n) is 5.56. The average molecular weight is 543 g/mol. The SMILES string of the molecule is NC(Cc1ccccc1)C(=O)NC(CC(=O)O)C(=O)NC(CC(=O)O)C(=O)NC(Cc1ccccc1)C(=O)O. The number of rotatable bonds is 15. The standard InChI is InChI=1S/C26H30N4O9/c27-17(11-15-7-3-1-4-8-15)23(35)28-18(13-21(31)32)24(36)29-19(14-22(33)34)25(37)30-20(26(38)39)12-16-9-5-2-6-10-16/h1-10,17-20H,11-14,27H2,(H,28,35)(H,29,36)(H,30,37)(H,31,32)(H,33,34)(H,38,39). The van der Waals surface area contributed by atoms with Crippen molar-refractivity contribution in [2.75, 3.05) is 0 Å². The molecule has 2 rings (SSSR count). The summed E-state index contributed by atoms with van der Waals surface area (Å²) in [5, 5.41) is 34.5. The van der Waals surface area contributed by atoms with Gasteiger partial charge in [0.2, 0.25) is 17.7 Å². The van der Waals surface area contributed by atoms with Crippen molar-refractivity contribution in [2.45, 2.75) is 49.9 Å². The van der Waals surface area contributed by atoms with E-state index in [2.05, 4.69) is 16.0 Å². The number of carboxylic acid groups (broad SMARTS) is 3. The largest absolute Gasteiger partial charge is 0.481 e. The number of benzene rings is 2. The van der Waals surface area contributed by atoms with Crippen molar-refractivity contribution in [3.05, 3.63) is 71.8 Å². The number of carboxylic acids is 3. The molecule has 13 heteroatoms. The van der Waals surface area contributed by atoms with Crippen LogP contribution in [0.5, 0.6) is 0 Å². The molecule has 0 saturated carbocycles. The molecule has 0 spiro atoms. The molecule has 8 N–H and O–H groups in total. The Morgan fingerprint density at radius 1 is 0.590 bits per heavy atom. The number of carbonyl (C=O) groups is 6. The molecule has 4 atom stereocenters. The van der Waals surface area contributed by atoms with Gasteiger partial charge in [-0.3, -0.25) is 24.0 Å². The van der Waals surface area contributed by atoms with Crippen LogP contribution in [0.2, 0.25) is 0 Å². The van der Waals surface area contributed by atoms with Crippen LogP contribution < -0.4 is 21.7 Å². The minimum absolute atomic E-state index is 0.0934. The van der Waals surface area contributed by atoms with Crippen molar-refractivity contribution >= 4 is 35.6 Å². The van der Waals surface area contributed by atoms with Crippen LogP contribution in [0.1, 0.15) is 24.0 Å². The first-order valence-electron chi connectivity index (χ1n) is 11.9. The Balaban J connectivity index is 2.13. The summed E-state index contributed by atoms with van der Waals surface area (Å²) in [4.78, 5) is 72.7. The van der Waals surface area contributed by atoms with E-state index in [-0.39, 0.29) is 12.8 Å². The van der Waals surface area contributed by atoms with E-state index in [1.807, 2.05) is 0 Å². The molecule has 13 nitrogen and oxygen atoms in total. The van der Waals surface area contributed by atoms with E-state index in [1.165, 1.54) is 0 Å². The number of hydrogen-bond donors (Lipinski definition) is 7. The van der Waals surface area contributed by atoms with Crippen LogP contribution in [0.3, 0.4) is 0 Å². The van der Waals surface area contributed by atoms with Crippen molar-refractivity contribution in [1.29, 1.82) is 0 Å². The van der Waals surface area contributed by atoms with Gasteiger partial charge in [-0.25, -0.2) is 4.79 Å². The highest BCUT2D eigenvalue weighted by atomic mass is 16.4. The van der Waals surface area contributed by atoms with Crippen LogP contribution in [0, 0.1) is 0 Å². The van der Waals surface area contributed by atoms with Gasteiger partial charge in [0, 0.05) is 6.42 Å². The van der Waals surface area contributed by atoms with Gasteiger partial charge in [0.05, 0.1) is 18.9 Å². The van der Waals surface area contributed by atoms with E-state index in [0.29, 0.717) is 5.56 Å². The monoisotopic (exact) mass is 542 g/mol. The molecule has 2 aromatic carbocycles. The number of amides is 3. The van der Waals surface area contributed by atoms with Crippen molar-refractivity contribution in [1.82, 2.24) is 16.0 Å². The first-order chi connectivity index (χ1) is 18.5. The molecule has 2 aromatic rings. The van der Waals surface area contributed by atoms with Crippen molar-refractivity contribution < 1.29 is 44.1 Å². The Kier molecular flexibility index (Phi) is 11.6. The highest BCUT2D eigenvalue weighted by Gasteiger charge is 2.32. The van der Waals surface area contributed by atoms with Gasteiger partial charge in [0.15, 0.2) is 0 Å². The van der Waals surface area contributed by atoms with Crippen LogP contribution in [0.15, 0.2) is 60.7 Å². The number of carbonyl (C=O) groups excluding carboxylic acids is 3. The summed E-state index contributed by atoms with van der Waals surface area (Å²) in [5.41, 5.74) is 7.21. The van der Waals surface area contributed by atoms with Crippen molar-refractivity contribution in [2.24, 2.45) is 5.73 Å². The molecular weight excluding hydrogens is 512 g/mol. The highest BCUT2D eigenvalue weighted by Crippen LogP contribution is 2.06. The van der Waals surface area contributed by atoms with Gasteiger partial charge in [-0.15, -0.1) is 0 Å². The summed E-state index contributed by atoms with van der Waals surface area (Å²) in [6.45, 7) is 0. The number of hydrogen-bond acceptors (Lipinski definition) is 7. The van der Waals surface area contributed by atoms with Gasteiger partial charge >= 0.3 is 17.9 Å². The van der Waals surface area contributed by atoms with Crippen LogP contribution in [-0.4, -0.2) is 75.1 Å².